The number of hydrogen-bond acceptors (Lipinski definition) is 2. The number of ether oxygens (including phenoxy) is 1. The molecular formula is C7H14O3. The molecule has 0 aromatic carbocycles. The summed E-state index contributed by atoms with van der Waals surface area (Å²) in [5.41, 5.74) is 0. The molecule has 0 radical (unpaired) electrons. The van der Waals surface area contributed by atoms with E-state index in [1.807, 2.05) is 6.92 Å². The van der Waals surface area contributed by atoms with Crippen LogP contribution in [0.25, 0.3) is 0 Å². The summed E-state index contributed by atoms with van der Waals surface area (Å²) in [6.45, 7) is 2.56. The molecule has 3 nitrogen and oxygen atoms in total. The highest BCUT2D eigenvalue weighted by molar-refractivity contribution is 5.66. The third-order valence-electron chi connectivity index (χ3n) is 1.34. The van der Waals surface area contributed by atoms with Crippen molar-refractivity contribution in [3.05, 3.63) is 0 Å². The van der Waals surface area contributed by atoms with Crippen molar-refractivity contribution in [3.63, 3.8) is 0 Å². The van der Waals surface area contributed by atoms with E-state index in [1.54, 1.807) is 7.11 Å². The Balaban J connectivity index is 3.25. The summed E-state index contributed by atoms with van der Waals surface area (Å²) in [4.78, 5) is 10.1. The molecule has 1 unspecified atom stereocenters. The molecule has 0 aliphatic rings. The number of carbonyl (C=O) groups is 1. The van der Waals surface area contributed by atoms with Gasteiger partial charge in [0.15, 0.2) is 0 Å². The highest BCUT2D eigenvalue weighted by Gasteiger charge is 2.05. The Kier molecular flexibility index (Phi) is 4.94. The maximum atomic E-state index is 10.1. The second-order valence-corrected chi connectivity index (χ2v) is 2.48. The first kappa shape index (κ1) is 9.43. The van der Waals surface area contributed by atoms with E-state index in [1.165, 1.54) is 0 Å². The maximum Gasteiger partial charge on any atom is 0.303 e. The molecule has 0 saturated heterocycles. The van der Waals surface area contributed by atoms with E-state index >= 15 is 0 Å². The Labute approximate surface area is 61.0 Å². The lowest BCUT2D eigenvalue weighted by atomic mass is 10.1. The van der Waals surface area contributed by atoms with Crippen LogP contribution in [0.5, 0.6) is 0 Å². The van der Waals surface area contributed by atoms with E-state index in [-0.39, 0.29) is 12.3 Å². The second kappa shape index (κ2) is 5.23. The standard InChI is InChI=1S/C7H14O3/c1-6(3-4-10-2)5-7(8)9/h6H,3-5H2,1-2H3,(H,8,9). The molecule has 0 aliphatic carbocycles. The van der Waals surface area contributed by atoms with E-state index in [9.17, 15) is 4.79 Å². The number of carboxylic acids is 1. The van der Waals surface area contributed by atoms with Crippen molar-refractivity contribution in [2.75, 3.05) is 13.7 Å². The molecule has 0 bridgehead atoms. The van der Waals surface area contributed by atoms with Gasteiger partial charge in [-0.25, -0.2) is 0 Å². The average Bonchev–Trinajstić information content (AvgIpc) is 1.82. The van der Waals surface area contributed by atoms with Gasteiger partial charge in [-0.3, -0.25) is 4.79 Å². The van der Waals surface area contributed by atoms with Crippen LogP contribution in [0.15, 0.2) is 0 Å². The minimum Gasteiger partial charge on any atom is -0.481 e. The van der Waals surface area contributed by atoms with Crippen LogP contribution < -0.4 is 0 Å². The van der Waals surface area contributed by atoms with Crippen LogP contribution in [0.2, 0.25) is 0 Å². The Bertz CT molecular complexity index is 101. The van der Waals surface area contributed by atoms with Crippen molar-refractivity contribution in [2.24, 2.45) is 5.92 Å². The number of methoxy groups -OCH3 is 1. The topological polar surface area (TPSA) is 46.5 Å². The van der Waals surface area contributed by atoms with Crippen LogP contribution in [0.4, 0.5) is 0 Å². The van der Waals surface area contributed by atoms with Crippen molar-refractivity contribution >= 4 is 5.97 Å². The lowest BCUT2D eigenvalue weighted by molar-refractivity contribution is -0.138. The van der Waals surface area contributed by atoms with Crippen LogP contribution >= 0.6 is 0 Å². The SMILES string of the molecule is COCCC(C)CC(=O)O. The van der Waals surface area contributed by atoms with E-state index in [0.29, 0.717) is 6.61 Å². The summed E-state index contributed by atoms with van der Waals surface area (Å²) in [6.07, 6.45) is 1.06. The Morgan fingerprint density at radius 3 is 2.70 bits per heavy atom. The number of hydrogen-bond donors (Lipinski definition) is 1. The van der Waals surface area contributed by atoms with Gasteiger partial charge in [0.05, 0.1) is 0 Å². The van der Waals surface area contributed by atoms with Gasteiger partial charge in [0, 0.05) is 20.1 Å². The van der Waals surface area contributed by atoms with Gasteiger partial charge in [-0.05, 0) is 12.3 Å². The molecule has 0 amide bonds. The molecule has 60 valence electrons. The summed E-state index contributed by atoms with van der Waals surface area (Å²) < 4.78 is 4.80. The van der Waals surface area contributed by atoms with Crippen molar-refractivity contribution in [2.45, 2.75) is 19.8 Å². The lowest BCUT2D eigenvalue weighted by Gasteiger charge is -2.05. The highest BCUT2D eigenvalue weighted by Crippen LogP contribution is 2.06. The van der Waals surface area contributed by atoms with Crippen LogP contribution in [0.3, 0.4) is 0 Å². The third kappa shape index (κ3) is 5.56. The molecule has 0 aliphatic heterocycles. The molecule has 3 heteroatoms. The third-order valence-corrected chi connectivity index (χ3v) is 1.34. The average molecular weight is 146 g/mol. The van der Waals surface area contributed by atoms with Crippen LogP contribution in [0, 0.1) is 5.92 Å². The Morgan fingerprint density at radius 2 is 2.30 bits per heavy atom. The largest absolute Gasteiger partial charge is 0.481 e. The zero-order chi connectivity index (χ0) is 7.98. The predicted molar refractivity (Wildman–Crippen MR) is 37.9 cm³/mol. The fourth-order valence-corrected chi connectivity index (χ4v) is 0.719. The Morgan fingerprint density at radius 1 is 1.70 bits per heavy atom. The maximum absolute atomic E-state index is 10.1. The summed E-state index contributed by atoms with van der Waals surface area (Å²) in [7, 11) is 1.62. The first-order valence-electron chi connectivity index (χ1n) is 3.37. The molecular weight excluding hydrogens is 132 g/mol. The van der Waals surface area contributed by atoms with E-state index in [0.717, 1.165) is 6.42 Å². The summed E-state index contributed by atoms with van der Waals surface area (Å²) in [6, 6.07) is 0. The Hall–Kier alpha value is -0.570. The predicted octanol–water partition coefficient (Wildman–Crippen LogP) is 1.13. The van der Waals surface area contributed by atoms with Gasteiger partial charge in [-0.1, -0.05) is 6.92 Å². The normalized spacial score (nSPS) is 13.0. The molecule has 0 fully saturated rings. The lowest BCUT2D eigenvalue weighted by Crippen LogP contribution is -2.06. The minimum absolute atomic E-state index is 0.220. The molecule has 0 aromatic rings. The van der Waals surface area contributed by atoms with E-state index in [4.69, 9.17) is 9.84 Å². The van der Waals surface area contributed by atoms with Crippen molar-refractivity contribution in [1.29, 1.82) is 0 Å². The van der Waals surface area contributed by atoms with Crippen molar-refractivity contribution < 1.29 is 14.6 Å². The molecule has 0 heterocycles. The van der Waals surface area contributed by atoms with E-state index < -0.39 is 5.97 Å². The summed E-state index contributed by atoms with van der Waals surface area (Å²) in [5.74, 6) is -0.513. The van der Waals surface area contributed by atoms with Crippen LogP contribution in [-0.4, -0.2) is 24.8 Å². The highest BCUT2D eigenvalue weighted by atomic mass is 16.5. The zero-order valence-electron chi connectivity index (χ0n) is 6.46. The van der Waals surface area contributed by atoms with Gasteiger partial charge in [0.25, 0.3) is 0 Å². The zero-order valence-corrected chi connectivity index (χ0v) is 6.46. The summed E-state index contributed by atoms with van der Waals surface area (Å²) in [5, 5.41) is 8.34. The number of rotatable bonds is 5. The van der Waals surface area contributed by atoms with Crippen LogP contribution in [-0.2, 0) is 9.53 Å². The van der Waals surface area contributed by atoms with Gasteiger partial charge in [0.2, 0.25) is 0 Å². The minimum atomic E-state index is -0.733. The molecule has 1 atom stereocenters. The van der Waals surface area contributed by atoms with E-state index in [2.05, 4.69) is 0 Å². The summed E-state index contributed by atoms with van der Waals surface area (Å²) >= 11 is 0. The van der Waals surface area contributed by atoms with Gasteiger partial charge < -0.3 is 9.84 Å². The fraction of sp³-hybridized carbons (Fsp3) is 0.857. The van der Waals surface area contributed by atoms with Gasteiger partial charge >= 0.3 is 5.97 Å². The quantitative estimate of drug-likeness (QED) is 0.632. The van der Waals surface area contributed by atoms with Gasteiger partial charge in [-0.2, -0.15) is 0 Å². The molecule has 1 N–H and O–H groups in total. The monoisotopic (exact) mass is 146 g/mol. The van der Waals surface area contributed by atoms with Crippen molar-refractivity contribution in [1.82, 2.24) is 0 Å². The number of carboxylic acid groups (broad SMARTS) is 1. The smallest absolute Gasteiger partial charge is 0.303 e. The molecule has 0 saturated carbocycles. The molecule has 0 spiro atoms. The first-order chi connectivity index (χ1) is 4.66. The van der Waals surface area contributed by atoms with Crippen molar-refractivity contribution in [3.8, 4) is 0 Å². The number of aliphatic carboxylic acids is 1. The van der Waals surface area contributed by atoms with Gasteiger partial charge in [-0.15, -0.1) is 0 Å². The second-order valence-electron chi connectivity index (χ2n) is 2.48. The molecule has 0 rings (SSSR count). The first-order valence-corrected chi connectivity index (χ1v) is 3.37. The molecule has 10 heavy (non-hydrogen) atoms. The van der Waals surface area contributed by atoms with Crippen LogP contribution in [0.1, 0.15) is 19.8 Å². The van der Waals surface area contributed by atoms with Gasteiger partial charge in [0.1, 0.15) is 0 Å². The fourth-order valence-electron chi connectivity index (χ4n) is 0.719. The molecule has 0 aromatic heterocycles.